The van der Waals surface area contributed by atoms with Crippen molar-refractivity contribution in [2.75, 3.05) is 13.1 Å². The van der Waals surface area contributed by atoms with Gasteiger partial charge in [-0.05, 0) is 60.5 Å². The monoisotopic (exact) mass is 488 g/mol. The van der Waals surface area contributed by atoms with Crippen LogP contribution >= 0.6 is 11.3 Å². The van der Waals surface area contributed by atoms with E-state index >= 15 is 0 Å². The molecule has 1 saturated heterocycles. The number of alkyl halides is 3. The average Bonchev–Trinajstić information content (AvgIpc) is 3.26. The lowest BCUT2D eigenvalue weighted by atomic mass is 9.98. The van der Waals surface area contributed by atoms with Crippen LogP contribution in [0.1, 0.15) is 31.9 Å². The molecule has 2 aromatic carbocycles. The second-order valence-electron chi connectivity index (χ2n) is 9.44. The van der Waals surface area contributed by atoms with E-state index in [1.54, 1.807) is 22.3 Å². The smallest absolute Gasteiger partial charge is 0.370 e. The zero-order valence-electron chi connectivity index (χ0n) is 19.3. The molecule has 1 aliphatic rings. The maximum Gasteiger partial charge on any atom is 0.416 e. The molecule has 4 rings (SSSR count). The van der Waals surface area contributed by atoms with Gasteiger partial charge in [0.1, 0.15) is 0 Å². The summed E-state index contributed by atoms with van der Waals surface area (Å²) in [5.41, 5.74) is 1.29. The Morgan fingerprint density at radius 1 is 1.03 bits per heavy atom. The summed E-state index contributed by atoms with van der Waals surface area (Å²) >= 11 is 1.62. The molecule has 0 unspecified atom stereocenters. The highest BCUT2D eigenvalue weighted by Crippen LogP contribution is 2.36. The number of benzene rings is 2. The van der Waals surface area contributed by atoms with Crippen LogP contribution in [0.5, 0.6) is 0 Å². The predicted octanol–water partition coefficient (Wildman–Crippen LogP) is 6.81. The fraction of sp³-hybridized carbons (Fsp3) is 0.346. The van der Waals surface area contributed by atoms with Crippen LogP contribution in [0, 0.1) is 0 Å². The lowest BCUT2D eigenvalue weighted by Gasteiger charge is -2.40. The number of carbonyl (C=O) groups is 1. The molecule has 0 saturated carbocycles. The van der Waals surface area contributed by atoms with Gasteiger partial charge in [0.15, 0.2) is 0 Å². The van der Waals surface area contributed by atoms with E-state index < -0.39 is 11.7 Å². The zero-order valence-corrected chi connectivity index (χ0v) is 20.1. The topological polar surface area (TPSA) is 41.6 Å². The summed E-state index contributed by atoms with van der Waals surface area (Å²) in [7, 11) is 0. The van der Waals surface area contributed by atoms with Crippen molar-refractivity contribution in [3.63, 3.8) is 0 Å². The van der Waals surface area contributed by atoms with Gasteiger partial charge in [-0.3, -0.25) is 0 Å². The van der Waals surface area contributed by atoms with Crippen molar-refractivity contribution in [2.24, 2.45) is 0 Å². The van der Waals surface area contributed by atoms with Crippen LogP contribution in [0.4, 0.5) is 18.0 Å². The maximum absolute atomic E-state index is 13.8. The van der Waals surface area contributed by atoms with E-state index in [0.717, 1.165) is 16.0 Å². The SMILES string of the molecule is CC(C)(C)NC(=O)N1CC(OCc2ccc(-c3ccc(-c4cccs4)cc3)cc2C(F)(F)F)C1. The summed E-state index contributed by atoms with van der Waals surface area (Å²) in [6.07, 6.45) is -4.78. The van der Waals surface area contributed by atoms with Crippen LogP contribution in [0.3, 0.4) is 0 Å². The van der Waals surface area contributed by atoms with Crippen LogP contribution in [-0.4, -0.2) is 35.7 Å². The number of hydrogen-bond donors (Lipinski definition) is 1. The fourth-order valence-corrected chi connectivity index (χ4v) is 4.47. The lowest BCUT2D eigenvalue weighted by molar-refractivity contribution is -0.139. The molecule has 0 atom stereocenters. The van der Waals surface area contributed by atoms with Crippen molar-refractivity contribution in [3.8, 4) is 21.6 Å². The van der Waals surface area contributed by atoms with Crippen molar-refractivity contribution < 1.29 is 22.7 Å². The minimum Gasteiger partial charge on any atom is -0.370 e. The molecule has 0 bridgehead atoms. The van der Waals surface area contributed by atoms with Crippen LogP contribution in [0.15, 0.2) is 60.0 Å². The predicted molar refractivity (Wildman–Crippen MR) is 129 cm³/mol. The van der Waals surface area contributed by atoms with E-state index in [1.807, 2.05) is 62.5 Å². The summed E-state index contributed by atoms with van der Waals surface area (Å²) in [6.45, 7) is 6.22. The molecule has 8 heteroatoms. The van der Waals surface area contributed by atoms with Gasteiger partial charge in [-0.25, -0.2) is 4.79 Å². The molecular formula is C26H27F3N2O2S. The van der Waals surface area contributed by atoms with Gasteiger partial charge < -0.3 is 15.0 Å². The third-order valence-corrected chi connectivity index (χ3v) is 6.45. The van der Waals surface area contributed by atoms with Gasteiger partial charge >= 0.3 is 12.2 Å². The molecule has 1 aromatic heterocycles. The number of ether oxygens (including phenoxy) is 1. The highest BCUT2D eigenvalue weighted by molar-refractivity contribution is 7.13. The van der Waals surface area contributed by atoms with Gasteiger partial charge in [0.25, 0.3) is 0 Å². The summed E-state index contributed by atoms with van der Waals surface area (Å²) in [4.78, 5) is 14.8. The number of rotatable bonds is 5. The Labute approximate surface area is 201 Å². The minimum absolute atomic E-state index is 0.0871. The number of nitrogens with one attached hydrogen (secondary N) is 1. The van der Waals surface area contributed by atoms with Gasteiger partial charge in [-0.15, -0.1) is 11.3 Å². The van der Waals surface area contributed by atoms with Gasteiger partial charge in [-0.1, -0.05) is 42.5 Å². The number of likely N-dealkylation sites (tertiary alicyclic amines) is 1. The van der Waals surface area contributed by atoms with Gasteiger partial charge in [0, 0.05) is 10.4 Å². The molecule has 3 aromatic rings. The van der Waals surface area contributed by atoms with Crippen LogP contribution in [0.2, 0.25) is 0 Å². The molecule has 4 nitrogen and oxygen atoms in total. The first-order valence-electron chi connectivity index (χ1n) is 11.0. The van der Waals surface area contributed by atoms with Crippen molar-refractivity contribution >= 4 is 17.4 Å². The van der Waals surface area contributed by atoms with Crippen LogP contribution in [-0.2, 0) is 17.5 Å². The quantitative estimate of drug-likeness (QED) is 0.429. The molecule has 2 amide bonds. The second kappa shape index (κ2) is 9.43. The number of carbonyl (C=O) groups excluding carboxylic acids is 1. The Bertz CT molecular complexity index is 1130. The summed E-state index contributed by atoms with van der Waals surface area (Å²) < 4.78 is 47.2. The third-order valence-electron chi connectivity index (χ3n) is 5.53. The first-order chi connectivity index (χ1) is 16.0. The number of urea groups is 1. The highest BCUT2D eigenvalue weighted by Gasteiger charge is 2.36. The molecule has 34 heavy (non-hydrogen) atoms. The number of amides is 2. The van der Waals surface area contributed by atoms with Crippen LogP contribution in [0.25, 0.3) is 21.6 Å². The van der Waals surface area contributed by atoms with Crippen molar-refractivity contribution in [1.82, 2.24) is 10.2 Å². The Kier molecular flexibility index (Phi) is 6.73. The first-order valence-corrected chi connectivity index (χ1v) is 11.9. The van der Waals surface area contributed by atoms with Crippen molar-refractivity contribution in [2.45, 2.75) is 45.2 Å². The number of halogens is 3. The molecule has 0 radical (unpaired) electrons. The minimum atomic E-state index is -4.50. The largest absolute Gasteiger partial charge is 0.416 e. The Balaban J connectivity index is 1.42. The number of thiophene rings is 1. The van der Waals surface area contributed by atoms with E-state index in [4.69, 9.17) is 4.74 Å². The summed E-state index contributed by atoms with van der Waals surface area (Å²) in [5.74, 6) is 0. The van der Waals surface area contributed by atoms with E-state index in [9.17, 15) is 18.0 Å². The average molecular weight is 489 g/mol. The number of hydrogen-bond acceptors (Lipinski definition) is 3. The summed E-state index contributed by atoms with van der Waals surface area (Å²) in [5, 5.41) is 4.85. The van der Waals surface area contributed by atoms with E-state index in [0.29, 0.717) is 18.7 Å². The molecule has 1 fully saturated rings. The molecule has 0 spiro atoms. The van der Waals surface area contributed by atoms with Gasteiger partial charge in [-0.2, -0.15) is 13.2 Å². The number of nitrogens with zero attached hydrogens (tertiary/aromatic N) is 1. The van der Waals surface area contributed by atoms with Crippen LogP contribution < -0.4 is 5.32 Å². The highest BCUT2D eigenvalue weighted by atomic mass is 32.1. The Morgan fingerprint density at radius 2 is 1.68 bits per heavy atom. The zero-order chi connectivity index (χ0) is 24.5. The maximum atomic E-state index is 13.8. The lowest BCUT2D eigenvalue weighted by Crippen LogP contribution is -2.60. The standard InChI is InChI=1S/C26H27F3N2O2S/c1-25(2,3)30-24(32)31-14-21(15-31)33-16-20-11-10-19(13-22(20)26(27,28)29)17-6-8-18(9-7-17)23-5-4-12-34-23/h4-13,21H,14-16H2,1-3H3,(H,30,32). The molecule has 1 N–H and O–H groups in total. The van der Waals surface area contributed by atoms with Gasteiger partial charge in [0.05, 0.1) is 31.4 Å². The molecular weight excluding hydrogens is 461 g/mol. The van der Waals surface area contributed by atoms with E-state index in [-0.39, 0.29) is 29.8 Å². The van der Waals surface area contributed by atoms with E-state index in [2.05, 4.69) is 5.32 Å². The normalized spacial score (nSPS) is 14.7. The van der Waals surface area contributed by atoms with E-state index in [1.165, 1.54) is 12.1 Å². The third kappa shape index (κ3) is 5.80. The molecule has 2 heterocycles. The summed E-state index contributed by atoms with van der Waals surface area (Å²) in [6, 6.07) is 15.7. The van der Waals surface area contributed by atoms with Crippen molar-refractivity contribution in [1.29, 1.82) is 0 Å². The van der Waals surface area contributed by atoms with Gasteiger partial charge in [0.2, 0.25) is 0 Å². The fourth-order valence-electron chi connectivity index (χ4n) is 3.73. The Morgan fingerprint density at radius 3 is 2.26 bits per heavy atom. The second-order valence-corrected chi connectivity index (χ2v) is 10.4. The molecule has 0 aliphatic carbocycles. The first kappa shape index (κ1) is 24.3. The molecule has 180 valence electrons. The van der Waals surface area contributed by atoms with Crippen molar-refractivity contribution in [3.05, 3.63) is 71.1 Å². The Hall–Kier alpha value is -2.84. The molecule has 1 aliphatic heterocycles.